The van der Waals surface area contributed by atoms with Crippen molar-refractivity contribution >= 4 is 50.5 Å². The maximum atomic E-state index is 11.3. The molecule has 0 saturated carbocycles. The molecule has 3 aromatic rings. The van der Waals surface area contributed by atoms with Crippen molar-refractivity contribution in [2.24, 2.45) is 5.14 Å². The van der Waals surface area contributed by atoms with Gasteiger partial charge >= 0.3 is 0 Å². The first-order chi connectivity index (χ1) is 12.8. The first-order valence-electron chi connectivity index (χ1n) is 7.79. The van der Waals surface area contributed by atoms with E-state index in [2.05, 4.69) is 15.7 Å². The summed E-state index contributed by atoms with van der Waals surface area (Å²) in [6.07, 6.45) is 1.81. The number of nitrogens with two attached hydrogens (primary N) is 1. The molecule has 0 fully saturated rings. The van der Waals surface area contributed by atoms with Gasteiger partial charge in [0.15, 0.2) is 10.9 Å². The van der Waals surface area contributed by atoms with Gasteiger partial charge in [-0.05, 0) is 48.1 Å². The van der Waals surface area contributed by atoms with Gasteiger partial charge in [-0.1, -0.05) is 29.8 Å². The fraction of sp³-hybridized carbons (Fsp3) is 0.0588. The Morgan fingerprint density at radius 3 is 2.48 bits per heavy atom. The predicted molar refractivity (Wildman–Crippen MR) is 110 cm³/mol. The molecule has 0 radical (unpaired) electrons. The van der Waals surface area contributed by atoms with E-state index in [9.17, 15) is 8.42 Å². The molecule has 0 saturated heterocycles. The van der Waals surface area contributed by atoms with Crippen LogP contribution in [0.3, 0.4) is 0 Å². The summed E-state index contributed by atoms with van der Waals surface area (Å²) in [5.41, 5.74) is 1.58. The zero-order valence-corrected chi connectivity index (χ0v) is 16.4. The minimum absolute atomic E-state index is 0.0326. The topological polar surface area (TPSA) is 102 Å². The van der Waals surface area contributed by atoms with Crippen molar-refractivity contribution in [2.45, 2.75) is 11.4 Å². The minimum Gasteiger partial charge on any atom is -0.332 e. The van der Waals surface area contributed by atoms with Crippen LogP contribution in [0.2, 0.25) is 5.02 Å². The number of anilines is 2. The summed E-state index contributed by atoms with van der Waals surface area (Å²) >= 11 is 11.4. The van der Waals surface area contributed by atoms with Crippen LogP contribution in [0.5, 0.6) is 0 Å². The van der Waals surface area contributed by atoms with Crippen LogP contribution in [0.15, 0.2) is 65.7 Å². The van der Waals surface area contributed by atoms with Crippen molar-refractivity contribution in [1.82, 2.24) is 9.78 Å². The Kier molecular flexibility index (Phi) is 5.76. The van der Waals surface area contributed by atoms with E-state index in [1.54, 1.807) is 22.9 Å². The van der Waals surface area contributed by atoms with Crippen molar-refractivity contribution in [2.75, 3.05) is 10.6 Å². The molecule has 0 bridgehead atoms. The van der Waals surface area contributed by atoms with Crippen LogP contribution >= 0.6 is 23.8 Å². The van der Waals surface area contributed by atoms with Gasteiger partial charge in [-0.25, -0.2) is 13.6 Å². The molecule has 3 rings (SSSR count). The molecular weight excluding hydrogens is 406 g/mol. The summed E-state index contributed by atoms with van der Waals surface area (Å²) in [4.78, 5) is 0.0326. The lowest BCUT2D eigenvalue weighted by atomic mass is 10.2. The van der Waals surface area contributed by atoms with E-state index in [1.165, 1.54) is 12.1 Å². The molecule has 10 heteroatoms. The molecule has 0 atom stereocenters. The maximum absolute atomic E-state index is 11.3. The Morgan fingerprint density at radius 2 is 1.81 bits per heavy atom. The second-order valence-electron chi connectivity index (χ2n) is 5.64. The molecule has 7 nitrogen and oxygen atoms in total. The summed E-state index contributed by atoms with van der Waals surface area (Å²) in [6, 6.07) is 15.3. The van der Waals surface area contributed by atoms with Gasteiger partial charge in [0.2, 0.25) is 10.0 Å². The zero-order chi connectivity index (χ0) is 19.4. The average Bonchev–Trinajstić information content (AvgIpc) is 3.03. The van der Waals surface area contributed by atoms with Crippen LogP contribution in [0.25, 0.3) is 0 Å². The van der Waals surface area contributed by atoms with Gasteiger partial charge in [-0.2, -0.15) is 5.10 Å². The first-order valence-corrected chi connectivity index (χ1v) is 10.1. The molecule has 0 amide bonds. The number of nitrogens with one attached hydrogen (secondary N) is 2. The number of primary sulfonamides is 1. The van der Waals surface area contributed by atoms with Crippen molar-refractivity contribution in [3.63, 3.8) is 0 Å². The van der Waals surface area contributed by atoms with Crippen LogP contribution in [-0.4, -0.2) is 23.3 Å². The third kappa shape index (κ3) is 5.27. The number of nitrogens with zero attached hydrogens (tertiary/aromatic N) is 2. The molecule has 0 aliphatic heterocycles. The third-order valence-corrected chi connectivity index (χ3v) is 5.12. The summed E-state index contributed by atoms with van der Waals surface area (Å²) in [5, 5.41) is 16.4. The van der Waals surface area contributed by atoms with Gasteiger partial charge in [-0.15, -0.1) is 0 Å². The molecule has 4 N–H and O–H groups in total. The molecule has 27 heavy (non-hydrogen) atoms. The van der Waals surface area contributed by atoms with Crippen molar-refractivity contribution in [3.05, 3.63) is 71.4 Å². The van der Waals surface area contributed by atoms with E-state index in [4.69, 9.17) is 29.0 Å². The lowest BCUT2D eigenvalue weighted by molar-refractivity contribution is 0.598. The van der Waals surface area contributed by atoms with E-state index < -0.39 is 10.0 Å². The summed E-state index contributed by atoms with van der Waals surface area (Å²) in [5.74, 6) is 0.570. The van der Waals surface area contributed by atoms with Crippen LogP contribution in [0.1, 0.15) is 5.56 Å². The van der Waals surface area contributed by atoms with Gasteiger partial charge < -0.3 is 10.6 Å². The molecule has 0 unspecified atom stereocenters. The highest BCUT2D eigenvalue weighted by Crippen LogP contribution is 2.17. The van der Waals surface area contributed by atoms with E-state index >= 15 is 0 Å². The number of rotatable bonds is 5. The normalized spacial score (nSPS) is 11.2. The number of halogens is 1. The molecule has 1 aromatic heterocycles. The van der Waals surface area contributed by atoms with Crippen LogP contribution < -0.4 is 15.8 Å². The molecular formula is C17H16ClN5O2S2. The Morgan fingerprint density at radius 1 is 1.11 bits per heavy atom. The van der Waals surface area contributed by atoms with E-state index in [-0.39, 0.29) is 4.90 Å². The summed E-state index contributed by atoms with van der Waals surface area (Å²) < 4.78 is 24.3. The Labute approximate surface area is 167 Å². The number of hydrogen-bond donors (Lipinski definition) is 3. The van der Waals surface area contributed by atoms with Gasteiger partial charge in [0.25, 0.3) is 0 Å². The second kappa shape index (κ2) is 8.05. The highest BCUT2D eigenvalue weighted by atomic mass is 35.5. The molecule has 0 aliphatic carbocycles. The quantitative estimate of drug-likeness (QED) is 0.547. The molecule has 2 aromatic carbocycles. The fourth-order valence-electron chi connectivity index (χ4n) is 2.32. The zero-order valence-electron chi connectivity index (χ0n) is 14.0. The van der Waals surface area contributed by atoms with E-state index in [0.717, 1.165) is 5.56 Å². The number of sulfonamides is 1. The highest BCUT2D eigenvalue weighted by molar-refractivity contribution is 7.89. The molecule has 0 spiro atoms. The smallest absolute Gasteiger partial charge is 0.238 e. The number of thiocarbonyl (C=S) groups is 1. The van der Waals surface area contributed by atoms with Crippen LogP contribution in [0, 0.1) is 0 Å². The van der Waals surface area contributed by atoms with Crippen LogP contribution in [-0.2, 0) is 16.6 Å². The van der Waals surface area contributed by atoms with Gasteiger partial charge in [0.1, 0.15) is 0 Å². The largest absolute Gasteiger partial charge is 0.332 e. The SMILES string of the molecule is NS(=O)(=O)c1ccc(NC(=S)Nc2ccn(Cc3ccccc3Cl)n2)cc1. The standard InChI is InChI=1S/C17H16ClN5O2S2/c18-15-4-2-1-3-12(15)11-23-10-9-16(22-23)21-17(26)20-13-5-7-14(8-6-13)27(19,24)25/h1-10H,11H2,(H2,19,24,25)(H2,20,21,22,26). The van der Waals surface area contributed by atoms with Crippen molar-refractivity contribution < 1.29 is 8.42 Å². The van der Waals surface area contributed by atoms with Gasteiger partial charge in [-0.3, -0.25) is 4.68 Å². The first kappa shape index (κ1) is 19.3. The Bertz CT molecular complexity index is 1060. The second-order valence-corrected chi connectivity index (χ2v) is 8.02. The van der Waals surface area contributed by atoms with Crippen molar-refractivity contribution in [1.29, 1.82) is 0 Å². The highest BCUT2D eigenvalue weighted by Gasteiger charge is 2.08. The van der Waals surface area contributed by atoms with Gasteiger partial charge in [0.05, 0.1) is 11.4 Å². The summed E-state index contributed by atoms with van der Waals surface area (Å²) in [6.45, 7) is 0.538. The number of benzene rings is 2. The van der Waals surface area contributed by atoms with Crippen molar-refractivity contribution in [3.8, 4) is 0 Å². The molecule has 1 heterocycles. The predicted octanol–water partition coefficient (Wildman–Crippen LogP) is 3.04. The lowest BCUT2D eigenvalue weighted by Crippen LogP contribution is -2.19. The van der Waals surface area contributed by atoms with Gasteiger partial charge in [0, 0.05) is 23.0 Å². The van der Waals surface area contributed by atoms with Crippen LogP contribution in [0.4, 0.5) is 11.5 Å². The fourth-order valence-corrected chi connectivity index (χ4v) is 3.26. The average molecular weight is 422 g/mol. The maximum Gasteiger partial charge on any atom is 0.238 e. The number of aromatic nitrogens is 2. The Balaban J connectivity index is 1.60. The summed E-state index contributed by atoms with van der Waals surface area (Å²) in [7, 11) is -3.72. The monoisotopic (exact) mass is 421 g/mol. The minimum atomic E-state index is -3.72. The Hall–Kier alpha value is -2.46. The third-order valence-electron chi connectivity index (χ3n) is 3.61. The lowest BCUT2D eigenvalue weighted by Gasteiger charge is -2.09. The number of hydrogen-bond acceptors (Lipinski definition) is 4. The van der Waals surface area contributed by atoms with E-state index in [1.807, 2.05) is 30.5 Å². The van der Waals surface area contributed by atoms with E-state index in [0.29, 0.717) is 28.2 Å². The molecule has 140 valence electrons. The molecule has 0 aliphatic rings.